The number of ether oxygens (including phenoxy) is 2. The summed E-state index contributed by atoms with van der Waals surface area (Å²) in [4.78, 5) is 19.1. The summed E-state index contributed by atoms with van der Waals surface area (Å²) in [5.41, 5.74) is 0.455. The van der Waals surface area contributed by atoms with Crippen LogP contribution in [-0.2, 0) is 0 Å². The Morgan fingerprint density at radius 1 is 1.23 bits per heavy atom. The van der Waals surface area contributed by atoms with Crippen LogP contribution in [0.5, 0.6) is 11.8 Å². The van der Waals surface area contributed by atoms with Crippen molar-refractivity contribution in [3.05, 3.63) is 17.7 Å². The Morgan fingerprint density at radius 3 is 2.50 bits per heavy atom. The number of hydrogen-bond donors (Lipinski definition) is 1. The highest BCUT2D eigenvalue weighted by atomic mass is 16.5. The fraction of sp³-hybridized carbons (Fsp3) is 0.625. The molecule has 1 aromatic rings. The molecule has 0 radical (unpaired) electrons. The van der Waals surface area contributed by atoms with Crippen molar-refractivity contribution in [2.75, 3.05) is 14.2 Å². The van der Waals surface area contributed by atoms with Crippen molar-refractivity contribution >= 4 is 5.91 Å². The molecule has 22 heavy (non-hydrogen) atoms. The summed E-state index contributed by atoms with van der Waals surface area (Å²) in [6.07, 6.45) is 4.04. The third-order valence-electron chi connectivity index (χ3n) is 4.65. The first-order valence-electron chi connectivity index (χ1n) is 7.73. The van der Waals surface area contributed by atoms with E-state index < -0.39 is 0 Å². The number of rotatable bonds is 3. The van der Waals surface area contributed by atoms with Gasteiger partial charge in [0.15, 0.2) is 0 Å². The van der Waals surface area contributed by atoms with Crippen molar-refractivity contribution in [3.8, 4) is 11.8 Å². The van der Waals surface area contributed by atoms with Gasteiger partial charge in [-0.2, -0.15) is 4.98 Å². The largest absolute Gasteiger partial charge is 0.481 e. The van der Waals surface area contributed by atoms with E-state index in [2.05, 4.69) is 4.98 Å². The van der Waals surface area contributed by atoms with Crippen molar-refractivity contribution < 1.29 is 19.4 Å². The van der Waals surface area contributed by atoms with E-state index in [1.165, 1.54) is 14.2 Å². The van der Waals surface area contributed by atoms with Crippen LogP contribution in [0.3, 0.4) is 0 Å². The van der Waals surface area contributed by atoms with E-state index in [-0.39, 0.29) is 30.0 Å². The molecule has 3 atom stereocenters. The van der Waals surface area contributed by atoms with Crippen LogP contribution >= 0.6 is 0 Å². The van der Waals surface area contributed by atoms with E-state index in [0.29, 0.717) is 24.3 Å². The predicted molar refractivity (Wildman–Crippen MR) is 80.2 cm³/mol. The number of fused-ring (bicyclic) bond motifs is 2. The molecule has 6 nitrogen and oxygen atoms in total. The summed E-state index contributed by atoms with van der Waals surface area (Å²) in [5.74, 6) is 0.643. The molecule has 1 amide bonds. The molecule has 120 valence electrons. The average molecular weight is 306 g/mol. The quantitative estimate of drug-likeness (QED) is 0.918. The van der Waals surface area contributed by atoms with Crippen LogP contribution in [-0.4, -0.2) is 53.3 Å². The predicted octanol–water partition coefficient (Wildman–Crippen LogP) is 1.62. The summed E-state index contributed by atoms with van der Waals surface area (Å²) in [6.45, 7) is 0. The van der Waals surface area contributed by atoms with Gasteiger partial charge < -0.3 is 19.5 Å². The molecule has 2 saturated heterocycles. The lowest BCUT2D eigenvalue weighted by Crippen LogP contribution is -2.55. The SMILES string of the molecule is COc1ccc(C(=O)N2[C@@H]3CCC[C@H]2CC(O)C3)c(OC)n1. The minimum Gasteiger partial charge on any atom is -0.481 e. The second-order valence-corrected chi connectivity index (χ2v) is 5.99. The van der Waals surface area contributed by atoms with Crippen LogP contribution in [0.25, 0.3) is 0 Å². The first-order chi connectivity index (χ1) is 10.6. The number of amides is 1. The standard InChI is InChI=1S/C16H22N2O4/c1-21-14-7-6-13(15(17-14)22-2)16(20)18-10-4-3-5-11(18)9-12(19)8-10/h6-7,10-12,19H,3-5,8-9H2,1-2H3/t10-,11+,12?. The molecule has 1 unspecified atom stereocenters. The van der Waals surface area contributed by atoms with Crippen molar-refractivity contribution in [3.63, 3.8) is 0 Å². The maximum absolute atomic E-state index is 13.0. The van der Waals surface area contributed by atoms with Crippen LogP contribution in [0, 0.1) is 0 Å². The maximum Gasteiger partial charge on any atom is 0.259 e. The van der Waals surface area contributed by atoms with Gasteiger partial charge in [0.25, 0.3) is 5.91 Å². The van der Waals surface area contributed by atoms with Gasteiger partial charge in [0.2, 0.25) is 11.8 Å². The molecule has 0 spiro atoms. The van der Waals surface area contributed by atoms with E-state index in [4.69, 9.17) is 9.47 Å². The molecule has 2 bridgehead atoms. The number of nitrogens with zero attached hydrogens (tertiary/aromatic N) is 2. The molecular formula is C16H22N2O4. The highest BCUT2D eigenvalue weighted by Crippen LogP contribution is 2.36. The lowest BCUT2D eigenvalue weighted by atomic mass is 9.82. The molecule has 2 aliphatic heterocycles. The molecule has 1 aromatic heterocycles. The van der Waals surface area contributed by atoms with Crippen LogP contribution in [0.4, 0.5) is 0 Å². The van der Waals surface area contributed by atoms with E-state index in [9.17, 15) is 9.90 Å². The van der Waals surface area contributed by atoms with Gasteiger partial charge in [0.05, 0.1) is 20.3 Å². The number of aliphatic hydroxyl groups is 1. The first-order valence-corrected chi connectivity index (χ1v) is 7.73. The molecule has 0 saturated carbocycles. The number of pyridine rings is 1. The van der Waals surface area contributed by atoms with E-state index >= 15 is 0 Å². The molecule has 2 fully saturated rings. The zero-order valence-electron chi connectivity index (χ0n) is 13.0. The lowest BCUT2D eigenvalue weighted by molar-refractivity contribution is -0.0152. The fourth-order valence-electron chi connectivity index (χ4n) is 3.68. The number of carbonyl (C=O) groups excluding carboxylic acids is 1. The summed E-state index contributed by atoms with van der Waals surface area (Å²) in [7, 11) is 3.03. The van der Waals surface area contributed by atoms with Crippen LogP contribution in [0.15, 0.2) is 12.1 Å². The molecular weight excluding hydrogens is 284 g/mol. The van der Waals surface area contributed by atoms with Crippen molar-refractivity contribution in [2.45, 2.75) is 50.3 Å². The zero-order valence-corrected chi connectivity index (χ0v) is 13.0. The molecule has 2 aliphatic rings. The van der Waals surface area contributed by atoms with Crippen LogP contribution in [0.1, 0.15) is 42.5 Å². The minimum atomic E-state index is -0.296. The monoisotopic (exact) mass is 306 g/mol. The molecule has 6 heteroatoms. The topological polar surface area (TPSA) is 71.9 Å². The third-order valence-corrected chi connectivity index (χ3v) is 4.65. The normalized spacial score (nSPS) is 27.4. The number of aliphatic hydroxyl groups excluding tert-OH is 1. The van der Waals surface area contributed by atoms with Gasteiger partial charge >= 0.3 is 0 Å². The Hall–Kier alpha value is -1.82. The van der Waals surface area contributed by atoms with Gasteiger partial charge in [-0.1, -0.05) is 0 Å². The minimum absolute atomic E-state index is 0.0615. The van der Waals surface area contributed by atoms with Crippen LogP contribution < -0.4 is 9.47 Å². The van der Waals surface area contributed by atoms with Gasteiger partial charge in [0, 0.05) is 18.2 Å². The van der Waals surface area contributed by atoms with Crippen molar-refractivity contribution in [1.82, 2.24) is 9.88 Å². The maximum atomic E-state index is 13.0. The van der Waals surface area contributed by atoms with E-state index in [1.54, 1.807) is 12.1 Å². The summed E-state index contributed by atoms with van der Waals surface area (Å²) < 4.78 is 10.3. The highest BCUT2D eigenvalue weighted by molar-refractivity contribution is 5.97. The van der Waals surface area contributed by atoms with Gasteiger partial charge in [-0.05, 0) is 38.2 Å². The fourth-order valence-corrected chi connectivity index (χ4v) is 3.68. The number of piperidine rings is 2. The van der Waals surface area contributed by atoms with Gasteiger partial charge in [-0.25, -0.2) is 0 Å². The average Bonchev–Trinajstić information content (AvgIpc) is 2.52. The van der Waals surface area contributed by atoms with E-state index in [1.807, 2.05) is 4.90 Å². The Bertz CT molecular complexity index is 549. The van der Waals surface area contributed by atoms with Gasteiger partial charge in [0.1, 0.15) is 5.56 Å². The number of methoxy groups -OCH3 is 2. The van der Waals surface area contributed by atoms with Crippen molar-refractivity contribution in [1.29, 1.82) is 0 Å². The van der Waals surface area contributed by atoms with Gasteiger partial charge in [-0.3, -0.25) is 4.79 Å². The molecule has 0 aliphatic carbocycles. The number of hydrogen-bond acceptors (Lipinski definition) is 5. The Labute approximate surface area is 130 Å². The smallest absolute Gasteiger partial charge is 0.259 e. The summed E-state index contributed by atoms with van der Waals surface area (Å²) >= 11 is 0. The number of carbonyl (C=O) groups is 1. The Kier molecular flexibility index (Phi) is 4.20. The molecule has 1 N–H and O–H groups in total. The lowest BCUT2D eigenvalue weighted by Gasteiger charge is -2.47. The molecule has 3 rings (SSSR count). The Morgan fingerprint density at radius 2 is 1.91 bits per heavy atom. The Balaban J connectivity index is 1.90. The van der Waals surface area contributed by atoms with Gasteiger partial charge in [-0.15, -0.1) is 0 Å². The summed E-state index contributed by atoms with van der Waals surface area (Å²) in [6, 6.07) is 3.60. The number of aromatic nitrogens is 1. The highest BCUT2D eigenvalue weighted by Gasteiger charge is 2.41. The van der Waals surface area contributed by atoms with E-state index in [0.717, 1.165) is 19.3 Å². The zero-order chi connectivity index (χ0) is 15.7. The second kappa shape index (κ2) is 6.12. The third kappa shape index (κ3) is 2.63. The van der Waals surface area contributed by atoms with Crippen molar-refractivity contribution in [2.24, 2.45) is 0 Å². The second-order valence-electron chi connectivity index (χ2n) is 5.99. The molecule has 3 heterocycles. The molecule has 0 aromatic carbocycles. The summed E-state index contributed by atoms with van der Waals surface area (Å²) in [5, 5.41) is 9.96. The first kappa shape index (κ1) is 15.1. The van der Waals surface area contributed by atoms with Crippen LogP contribution in [0.2, 0.25) is 0 Å².